The van der Waals surface area contributed by atoms with Crippen LogP contribution in [0.5, 0.6) is 0 Å². The Morgan fingerprint density at radius 3 is 2.59 bits per heavy atom. The van der Waals surface area contributed by atoms with Crippen molar-refractivity contribution >= 4 is 40.8 Å². The first kappa shape index (κ1) is 17.4. The van der Waals surface area contributed by atoms with Crippen LogP contribution in [0.15, 0.2) is 27.4 Å². The number of aromatic nitrogens is 1. The Balaban J connectivity index is 1.81. The third-order valence-corrected chi connectivity index (χ3v) is 6.82. The monoisotopic (exact) mass is 352 g/mol. The lowest BCUT2D eigenvalue weighted by Gasteiger charge is -2.04. The van der Waals surface area contributed by atoms with Crippen LogP contribution >= 0.6 is 34.9 Å². The van der Waals surface area contributed by atoms with Gasteiger partial charge in [0.25, 0.3) is 0 Å². The van der Waals surface area contributed by atoms with Crippen molar-refractivity contribution in [3.8, 4) is 0 Å². The third kappa shape index (κ3) is 5.04. The van der Waals surface area contributed by atoms with Gasteiger partial charge in [0.2, 0.25) is 5.91 Å². The first-order valence-corrected chi connectivity index (χ1v) is 9.82. The molecular weight excluding hydrogens is 332 g/mol. The van der Waals surface area contributed by atoms with E-state index in [-0.39, 0.29) is 5.91 Å². The zero-order chi connectivity index (χ0) is 16.1. The van der Waals surface area contributed by atoms with Crippen molar-refractivity contribution in [2.75, 3.05) is 11.5 Å². The zero-order valence-corrected chi connectivity index (χ0v) is 15.5. The summed E-state index contributed by atoms with van der Waals surface area (Å²) in [4.78, 5) is 17.8. The van der Waals surface area contributed by atoms with Gasteiger partial charge in [-0.05, 0) is 44.0 Å². The van der Waals surface area contributed by atoms with Crippen LogP contribution in [0.2, 0.25) is 0 Å². The largest absolute Gasteiger partial charge is 0.369 e. The van der Waals surface area contributed by atoms with Gasteiger partial charge in [-0.15, -0.1) is 23.1 Å². The summed E-state index contributed by atoms with van der Waals surface area (Å²) >= 11 is 5.19. The number of benzene rings is 1. The summed E-state index contributed by atoms with van der Waals surface area (Å²) in [5.41, 5.74) is 8.84. The number of carbonyl (C=O) groups is 1. The van der Waals surface area contributed by atoms with Gasteiger partial charge < -0.3 is 5.73 Å². The molecule has 0 aliphatic carbocycles. The molecule has 118 valence electrons. The highest BCUT2D eigenvalue weighted by Crippen LogP contribution is 2.29. The van der Waals surface area contributed by atoms with E-state index in [1.807, 2.05) is 18.7 Å². The number of hydrogen-bond donors (Lipinski definition) is 1. The van der Waals surface area contributed by atoms with Crippen LogP contribution in [0.1, 0.15) is 21.7 Å². The third-order valence-electron chi connectivity index (χ3n) is 3.26. The van der Waals surface area contributed by atoms with Gasteiger partial charge >= 0.3 is 0 Å². The van der Waals surface area contributed by atoms with E-state index in [4.69, 9.17) is 5.73 Å². The molecule has 0 spiro atoms. The molecule has 0 aliphatic rings. The first-order valence-electron chi connectivity index (χ1n) is 7.03. The Hall–Kier alpha value is -0.980. The number of hydrogen-bond acceptors (Lipinski definition) is 5. The molecule has 0 radical (unpaired) electrons. The molecule has 0 aliphatic heterocycles. The molecule has 0 bridgehead atoms. The SMILES string of the molecule is Cc1ccc(SCCSc2nc(C)c(CC(N)=O)s2)cc1C. The molecule has 2 rings (SSSR count). The van der Waals surface area contributed by atoms with Gasteiger partial charge in [0.15, 0.2) is 0 Å². The molecule has 1 heterocycles. The number of carbonyl (C=O) groups excluding carboxylic acids is 1. The average molecular weight is 353 g/mol. The van der Waals surface area contributed by atoms with Gasteiger partial charge in [0.05, 0.1) is 12.1 Å². The van der Waals surface area contributed by atoms with Crippen molar-refractivity contribution in [1.82, 2.24) is 4.98 Å². The van der Waals surface area contributed by atoms with E-state index in [9.17, 15) is 4.79 Å². The van der Waals surface area contributed by atoms with Crippen molar-refractivity contribution < 1.29 is 4.79 Å². The Morgan fingerprint density at radius 1 is 1.18 bits per heavy atom. The summed E-state index contributed by atoms with van der Waals surface area (Å²) in [5, 5.41) is 0. The fourth-order valence-electron chi connectivity index (χ4n) is 1.88. The number of thioether (sulfide) groups is 2. The zero-order valence-electron chi connectivity index (χ0n) is 13.0. The summed E-state index contributed by atoms with van der Waals surface area (Å²) in [6.45, 7) is 6.21. The van der Waals surface area contributed by atoms with Crippen molar-refractivity contribution in [1.29, 1.82) is 0 Å². The molecule has 0 atom stereocenters. The number of nitrogens with two attached hydrogens (primary N) is 1. The van der Waals surface area contributed by atoms with E-state index >= 15 is 0 Å². The molecule has 0 saturated carbocycles. The Kier molecular flexibility index (Phi) is 6.35. The minimum Gasteiger partial charge on any atom is -0.369 e. The van der Waals surface area contributed by atoms with Crippen molar-refractivity contribution in [2.24, 2.45) is 5.73 Å². The highest BCUT2D eigenvalue weighted by atomic mass is 32.2. The molecule has 0 saturated heterocycles. The molecule has 2 N–H and O–H groups in total. The van der Waals surface area contributed by atoms with Crippen LogP contribution in [0, 0.1) is 20.8 Å². The van der Waals surface area contributed by atoms with E-state index in [0.29, 0.717) is 6.42 Å². The van der Waals surface area contributed by atoms with E-state index in [2.05, 4.69) is 37.0 Å². The fraction of sp³-hybridized carbons (Fsp3) is 0.375. The van der Waals surface area contributed by atoms with Gasteiger partial charge in [-0.3, -0.25) is 4.79 Å². The maximum atomic E-state index is 11.0. The van der Waals surface area contributed by atoms with E-state index in [1.54, 1.807) is 23.1 Å². The van der Waals surface area contributed by atoms with Crippen LogP contribution in [0.25, 0.3) is 0 Å². The standard InChI is InChI=1S/C16H20N2OS3/c1-10-4-5-13(8-11(10)2)20-6-7-21-16-18-12(3)14(22-16)9-15(17)19/h4-5,8H,6-7,9H2,1-3H3,(H2,17,19). The van der Waals surface area contributed by atoms with E-state index < -0.39 is 0 Å². The molecule has 22 heavy (non-hydrogen) atoms. The molecule has 0 unspecified atom stereocenters. The number of primary amides is 1. The number of nitrogens with zero attached hydrogens (tertiary/aromatic N) is 1. The molecular formula is C16H20N2OS3. The lowest BCUT2D eigenvalue weighted by molar-refractivity contribution is -0.117. The maximum absolute atomic E-state index is 11.0. The second kappa shape index (κ2) is 8.04. The van der Waals surface area contributed by atoms with Crippen molar-refractivity contribution in [3.63, 3.8) is 0 Å². The smallest absolute Gasteiger partial charge is 0.222 e. The topological polar surface area (TPSA) is 56.0 Å². The molecule has 1 aromatic carbocycles. The van der Waals surface area contributed by atoms with Crippen LogP contribution in [-0.4, -0.2) is 22.4 Å². The number of amides is 1. The van der Waals surface area contributed by atoms with E-state index in [1.165, 1.54) is 16.0 Å². The molecule has 1 amide bonds. The fourth-order valence-corrected chi connectivity index (χ4v) is 5.17. The van der Waals surface area contributed by atoms with Gasteiger partial charge in [0, 0.05) is 21.3 Å². The van der Waals surface area contributed by atoms with E-state index in [0.717, 1.165) is 26.4 Å². The summed E-state index contributed by atoms with van der Waals surface area (Å²) in [6, 6.07) is 6.59. The predicted octanol–water partition coefficient (Wildman–Crippen LogP) is 3.98. The van der Waals surface area contributed by atoms with Crippen molar-refractivity contribution in [3.05, 3.63) is 39.9 Å². The minimum atomic E-state index is -0.298. The maximum Gasteiger partial charge on any atom is 0.222 e. The number of thiazole rings is 1. The predicted molar refractivity (Wildman–Crippen MR) is 97.1 cm³/mol. The van der Waals surface area contributed by atoms with Gasteiger partial charge in [-0.1, -0.05) is 17.8 Å². The van der Waals surface area contributed by atoms with Gasteiger partial charge in [0.1, 0.15) is 4.34 Å². The molecule has 6 heteroatoms. The first-order chi connectivity index (χ1) is 10.5. The van der Waals surface area contributed by atoms with Crippen LogP contribution < -0.4 is 5.73 Å². The molecule has 3 nitrogen and oxygen atoms in total. The minimum absolute atomic E-state index is 0.293. The molecule has 2 aromatic rings. The molecule has 1 aromatic heterocycles. The lowest BCUT2D eigenvalue weighted by Crippen LogP contribution is -2.13. The summed E-state index contributed by atoms with van der Waals surface area (Å²) < 4.78 is 1.02. The Bertz CT molecular complexity index is 667. The molecule has 0 fully saturated rings. The normalized spacial score (nSPS) is 10.9. The summed E-state index contributed by atoms with van der Waals surface area (Å²) in [7, 11) is 0. The highest BCUT2D eigenvalue weighted by molar-refractivity contribution is 8.03. The second-order valence-electron chi connectivity index (χ2n) is 5.07. The van der Waals surface area contributed by atoms with Crippen LogP contribution in [-0.2, 0) is 11.2 Å². The number of rotatable bonds is 7. The Labute approximate surface area is 144 Å². The highest BCUT2D eigenvalue weighted by Gasteiger charge is 2.10. The number of aryl methyl sites for hydroxylation is 3. The summed E-state index contributed by atoms with van der Waals surface area (Å²) in [6.07, 6.45) is 0.293. The van der Waals surface area contributed by atoms with Crippen LogP contribution in [0.4, 0.5) is 0 Å². The van der Waals surface area contributed by atoms with Crippen molar-refractivity contribution in [2.45, 2.75) is 36.4 Å². The lowest BCUT2D eigenvalue weighted by atomic mass is 10.1. The quantitative estimate of drug-likeness (QED) is 0.605. The summed E-state index contributed by atoms with van der Waals surface area (Å²) in [5.74, 6) is 1.74. The Morgan fingerprint density at radius 2 is 1.91 bits per heavy atom. The van der Waals surface area contributed by atoms with Gasteiger partial charge in [-0.2, -0.15) is 0 Å². The van der Waals surface area contributed by atoms with Crippen LogP contribution in [0.3, 0.4) is 0 Å². The van der Waals surface area contributed by atoms with Gasteiger partial charge in [-0.25, -0.2) is 4.98 Å². The second-order valence-corrected chi connectivity index (χ2v) is 8.67. The average Bonchev–Trinajstić information content (AvgIpc) is 2.78.